The van der Waals surface area contributed by atoms with Crippen LogP contribution in [0.4, 0.5) is 4.79 Å². The second-order valence-electron chi connectivity index (χ2n) is 5.34. The van der Waals surface area contributed by atoms with E-state index in [1.165, 1.54) is 0 Å². The van der Waals surface area contributed by atoms with Crippen LogP contribution in [0.2, 0.25) is 0 Å². The molecule has 0 aromatic heterocycles. The molecular formula is C15H20Na3O9P. The molecule has 0 amide bonds. The van der Waals surface area contributed by atoms with E-state index in [-0.39, 0.29) is 101 Å². The Balaban J connectivity index is -0.000000250. The van der Waals surface area contributed by atoms with Gasteiger partial charge >= 0.3 is 88.7 Å². The minimum Gasteiger partial charge on any atom is -0.807 e. The van der Waals surface area contributed by atoms with E-state index in [0.29, 0.717) is 6.29 Å². The largest absolute Gasteiger partial charge is 1.00 e. The summed E-state index contributed by atoms with van der Waals surface area (Å²) in [5, 5.41) is 28.0. The summed E-state index contributed by atoms with van der Waals surface area (Å²) in [7, 11) is -5.43. The molecular weight excluding hydrogens is 424 g/mol. The molecule has 0 spiro atoms. The molecule has 0 saturated heterocycles. The molecule has 0 aromatic rings. The Morgan fingerprint density at radius 1 is 1.21 bits per heavy atom. The molecule has 1 saturated carbocycles. The monoisotopic (exact) mass is 444 g/mol. The quantitative estimate of drug-likeness (QED) is 0.132. The molecule has 0 aliphatic heterocycles. The van der Waals surface area contributed by atoms with Gasteiger partial charge < -0.3 is 39.3 Å². The average Bonchev–Trinajstić information content (AvgIpc) is 2.52. The van der Waals surface area contributed by atoms with Crippen LogP contribution in [-0.4, -0.2) is 40.2 Å². The minimum absolute atomic E-state index is 0. The third kappa shape index (κ3) is 14.4. The predicted molar refractivity (Wildman–Crippen MR) is 80.9 cm³/mol. The van der Waals surface area contributed by atoms with Crippen molar-refractivity contribution in [2.75, 3.05) is 0 Å². The van der Waals surface area contributed by atoms with Gasteiger partial charge in [-0.3, -0.25) is 4.79 Å². The van der Waals surface area contributed by atoms with Crippen molar-refractivity contribution < 1.29 is 133 Å². The Kier molecular flexibility index (Phi) is 25.0. The van der Waals surface area contributed by atoms with Crippen LogP contribution in [-0.2, 0) is 14.2 Å². The summed E-state index contributed by atoms with van der Waals surface area (Å²) in [4.78, 5) is 49.8. The van der Waals surface area contributed by atoms with Crippen molar-refractivity contribution in [3.05, 3.63) is 24.3 Å². The summed E-state index contributed by atoms with van der Waals surface area (Å²) >= 11 is 0. The molecule has 1 aliphatic carbocycles. The fourth-order valence-corrected chi connectivity index (χ4v) is 2.07. The SMILES string of the molecule is CCCC=CC=CC1CC(O)C(O)C(=O)C1C=O.O=C([O-])P(=O)([O-])[O-].[Na+].[Na+].[Na+]. The molecule has 0 heterocycles. The number of ketones is 1. The number of hydrogen-bond donors (Lipinski definition) is 2. The first-order chi connectivity index (χ1) is 11.6. The number of carbonyl (C=O) groups is 3. The van der Waals surface area contributed by atoms with E-state index in [1.54, 1.807) is 12.2 Å². The summed E-state index contributed by atoms with van der Waals surface area (Å²) in [5.41, 5.74) is -2.56. The molecule has 4 unspecified atom stereocenters. The van der Waals surface area contributed by atoms with Gasteiger partial charge in [-0.2, -0.15) is 0 Å². The van der Waals surface area contributed by atoms with E-state index < -0.39 is 37.2 Å². The predicted octanol–water partition coefficient (Wildman–Crippen LogP) is -10.7. The van der Waals surface area contributed by atoms with E-state index in [1.807, 2.05) is 12.2 Å². The molecule has 0 bridgehead atoms. The van der Waals surface area contributed by atoms with Gasteiger partial charge in [0.2, 0.25) is 0 Å². The van der Waals surface area contributed by atoms with Crippen molar-refractivity contribution in [2.45, 2.75) is 38.4 Å². The third-order valence-electron chi connectivity index (χ3n) is 3.39. The Morgan fingerprint density at radius 2 is 1.71 bits per heavy atom. The van der Waals surface area contributed by atoms with Crippen LogP contribution in [0.15, 0.2) is 24.3 Å². The molecule has 0 aromatic carbocycles. The van der Waals surface area contributed by atoms with E-state index >= 15 is 0 Å². The molecule has 4 atom stereocenters. The van der Waals surface area contributed by atoms with Gasteiger partial charge in [-0.1, -0.05) is 37.6 Å². The topological polar surface area (TPSA) is 178 Å². The second kappa shape index (κ2) is 19.1. The van der Waals surface area contributed by atoms with Crippen molar-refractivity contribution in [3.63, 3.8) is 0 Å². The number of aliphatic hydroxyl groups is 2. The van der Waals surface area contributed by atoms with Crippen LogP contribution >= 0.6 is 7.60 Å². The first-order valence-corrected chi connectivity index (χ1v) is 9.02. The van der Waals surface area contributed by atoms with Crippen molar-refractivity contribution in [1.82, 2.24) is 0 Å². The van der Waals surface area contributed by atoms with Gasteiger partial charge in [-0.15, -0.1) is 0 Å². The van der Waals surface area contributed by atoms with Crippen LogP contribution in [0.1, 0.15) is 26.2 Å². The maximum atomic E-state index is 11.6. The normalized spacial score (nSPS) is 24.2. The van der Waals surface area contributed by atoms with Gasteiger partial charge in [-0.05, 0) is 26.4 Å². The number of Topliss-reactive ketones (excluding diaryl/α,β-unsaturated/α-hetero) is 1. The maximum Gasteiger partial charge on any atom is 1.00 e. The number of carboxylic acid groups (broad SMARTS) is 1. The van der Waals surface area contributed by atoms with E-state index in [4.69, 9.17) is 24.3 Å². The van der Waals surface area contributed by atoms with Crippen LogP contribution in [0, 0.1) is 11.8 Å². The van der Waals surface area contributed by atoms with Crippen LogP contribution in [0.25, 0.3) is 0 Å². The zero-order valence-corrected chi connectivity index (χ0v) is 23.4. The summed E-state index contributed by atoms with van der Waals surface area (Å²) in [5.74, 6) is -1.77. The Labute approximate surface area is 230 Å². The molecule has 1 fully saturated rings. The van der Waals surface area contributed by atoms with Gasteiger partial charge in [0, 0.05) is 0 Å². The zero-order chi connectivity index (χ0) is 19.6. The molecule has 9 nitrogen and oxygen atoms in total. The van der Waals surface area contributed by atoms with E-state index in [0.717, 1.165) is 12.8 Å². The number of rotatable bonds is 6. The number of aliphatic hydroxyl groups excluding tert-OH is 2. The Morgan fingerprint density at radius 3 is 2.11 bits per heavy atom. The van der Waals surface area contributed by atoms with Crippen molar-refractivity contribution in [3.8, 4) is 0 Å². The van der Waals surface area contributed by atoms with Crippen molar-refractivity contribution >= 4 is 25.4 Å². The summed E-state index contributed by atoms with van der Waals surface area (Å²) in [6.07, 6.45) is 7.72. The minimum atomic E-state index is -5.43. The molecule has 1 rings (SSSR count). The van der Waals surface area contributed by atoms with Crippen molar-refractivity contribution in [2.24, 2.45) is 11.8 Å². The number of aldehydes is 1. The van der Waals surface area contributed by atoms with Crippen LogP contribution in [0.5, 0.6) is 0 Å². The summed E-state index contributed by atoms with van der Waals surface area (Å²) in [6.45, 7) is 2.08. The number of unbranched alkanes of at least 4 members (excludes halogenated alkanes) is 1. The van der Waals surface area contributed by atoms with Crippen molar-refractivity contribution in [1.29, 1.82) is 0 Å². The summed E-state index contributed by atoms with van der Waals surface area (Å²) < 4.78 is 9.14. The standard InChI is InChI=1S/C14H20O4.CH3O5P.3Na/c1-2-3-4-5-6-7-10-8-12(16)14(18)13(17)11(10)9-15;2-1(3)7(4,5)6;;;/h4-7,9-12,14,16,18H,2-3,8H2,1H3;(H,2,3)(H2,4,5,6);;;/q;;3*+1/p-3. The Hall–Kier alpha value is 1.36. The van der Waals surface area contributed by atoms with Gasteiger partial charge in [0.05, 0.1) is 17.7 Å². The fraction of sp³-hybridized carbons (Fsp3) is 0.533. The number of carbonyl (C=O) groups excluding carboxylic acids is 3. The molecule has 0 radical (unpaired) electrons. The molecule has 2 N–H and O–H groups in total. The molecule has 13 heteroatoms. The van der Waals surface area contributed by atoms with E-state index in [9.17, 15) is 19.8 Å². The fourth-order valence-electron chi connectivity index (χ4n) is 2.07. The van der Waals surface area contributed by atoms with Crippen LogP contribution in [0.3, 0.4) is 0 Å². The van der Waals surface area contributed by atoms with Gasteiger partial charge in [0.1, 0.15) is 12.4 Å². The van der Waals surface area contributed by atoms with E-state index in [2.05, 4.69) is 6.92 Å². The smallest absolute Gasteiger partial charge is 0.807 e. The summed E-state index contributed by atoms with van der Waals surface area (Å²) in [6, 6.07) is 0. The Bertz CT molecular complexity index is 577. The third-order valence-corrected chi connectivity index (χ3v) is 3.84. The maximum absolute atomic E-state index is 11.6. The van der Waals surface area contributed by atoms with Gasteiger partial charge in [-0.25, -0.2) is 0 Å². The zero-order valence-electron chi connectivity index (χ0n) is 16.5. The average molecular weight is 444 g/mol. The molecule has 142 valence electrons. The number of hydrogen-bond acceptors (Lipinski definition) is 9. The molecule has 28 heavy (non-hydrogen) atoms. The first-order valence-electron chi connectivity index (χ1n) is 7.48. The van der Waals surface area contributed by atoms with Crippen LogP contribution < -0.4 is 104 Å². The molecule has 1 aliphatic rings. The second-order valence-corrected chi connectivity index (χ2v) is 6.70. The van der Waals surface area contributed by atoms with Gasteiger partial charge in [0.15, 0.2) is 5.78 Å². The first kappa shape index (κ1) is 36.7. The number of allylic oxidation sites excluding steroid dienone is 4. The van der Waals surface area contributed by atoms with Gasteiger partial charge in [0.25, 0.3) is 0 Å².